The summed E-state index contributed by atoms with van der Waals surface area (Å²) >= 11 is 0. The highest BCUT2D eigenvalue weighted by Crippen LogP contribution is 2.35. The lowest BCUT2D eigenvalue weighted by Gasteiger charge is -2.25. The molecule has 0 radical (unpaired) electrons. The van der Waals surface area contributed by atoms with Crippen molar-refractivity contribution >= 4 is 16.1 Å². The van der Waals surface area contributed by atoms with E-state index in [0.29, 0.717) is 21.5 Å². The van der Waals surface area contributed by atoms with E-state index in [9.17, 15) is 27.1 Å². The monoisotopic (exact) mass is 606 g/mol. The van der Waals surface area contributed by atoms with Crippen LogP contribution in [0.3, 0.4) is 0 Å². The Kier molecular flexibility index (Phi) is 9.86. The number of aliphatic hydroxyl groups excluding tert-OH is 1. The molecule has 0 saturated carbocycles. The van der Waals surface area contributed by atoms with Crippen molar-refractivity contribution < 1.29 is 46.1 Å². The van der Waals surface area contributed by atoms with Crippen LogP contribution >= 0.6 is 0 Å². The number of carbonyl (C=O) groups is 1. The first-order chi connectivity index (χ1) is 19.9. The van der Waals surface area contributed by atoms with Gasteiger partial charge in [-0.2, -0.15) is 0 Å². The number of sulfonamides is 1. The van der Waals surface area contributed by atoms with Crippen molar-refractivity contribution in [2.75, 3.05) is 13.3 Å². The van der Waals surface area contributed by atoms with Crippen molar-refractivity contribution in [3.8, 4) is 17.2 Å². The third-order valence-electron chi connectivity index (χ3n) is 6.20. The summed E-state index contributed by atoms with van der Waals surface area (Å²) in [4.78, 5) is 18.0. The third-order valence-corrected chi connectivity index (χ3v) is 7.81. The van der Waals surface area contributed by atoms with Crippen molar-refractivity contribution in [1.29, 1.82) is 0 Å². The lowest BCUT2D eigenvalue weighted by Crippen LogP contribution is -2.47. The molecule has 13 heteroatoms. The molecule has 0 fully saturated rings. The van der Waals surface area contributed by atoms with E-state index in [0.717, 1.165) is 11.6 Å². The topological polar surface area (TPSA) is 124 Å². The minimum atomic E-state index is -4.27. The normalized spacial score (nSPS) is 14.1. The number of aliphatic hydroxyl groups is 1. The van der Waals surface area contributed by atoms with Gasteiger partial charge in [0, 0.05) is 12.1 Å². The van der Waals surface area contributed by atoms with Crippen LogP contribution in [0.4, 0.5) is 13.6 Å². The Labute approximate surface area is 242 Å². The summed E-state index contributed by atoms with van der Waals surface area (Å²) < 4.78 is 70.2. The van der Waals surface area contributed by atoms with Crippen molar-refractivity contribution in [2.45, 2.75) is 50.8 Å². The Morgan fingerprint density at radius 1 is 0.976 bits per heavy atom. The SMILES string of the molecule is CC(C)CN(OC(=O)NC(Cc1ccc(OCc2cc(F)cc(F)c2)cc1)C(C)O)S(=O)(=O)c1ccc2c(c1)OCO2. The average Bonchev–Trinajstić information content (AvgIpc) is 3.39. The van der Waals surface area contributed by atoms with E-state index in [-0.39, 0.29) is 42.9 Å². The number of hydrogen-bond acceptors (Lipinski definition) is 8. The van der Waals surface area contributed by atoms with Gasteiger partial charge < -0.3 is 29.5 Å². The summed E-state index contributed by atoms with van der Waals surface area (Å²) in [6.45, 7) is 4.83. The van der Waals surface area contributed by atoms with Crippen molar-refractivity contribution in [2.24, 2.45) is 5.92 Å². The van der Waals surface area contributed by atoms with Gasteiger partial charge >= 0.3 is 6.09 Å². The molecule has 2 unspecified atom stereocenters. The maximum atomic E-state index is 13.4. The number of nitrogens with zero attached hydrogens (tertiary/aromatic N) is 1. The maximum Gasteiger partial charge on any atom is 0.427 e. The molecule has 0 saturated heterocycles. The number of hydroxylamine groups is 1. The van der Waals surface area contributed by atoms with Gasteiger partial charge in [-0.05, 0) is 71.3 Å². The fraction of sp³-hybridized carbons (Fsp3) is 0.345. The molecular weight excluding hydrogens is 574 g/mol. The zero-order chi connectivity index (χ0) is 30.4. The van der Waals surface area contributed by atoms with Crippen LogP contribution < -0.4 is 19.5 Å². The number of rotatable bonds is 12. The van der Waals surface area contributed by atoms with Crippen LogP contribution in [0.15, 0.2) is 65.6 Å². The largest absolute Gasteiger partial charge is 0.489 e. The van der Waals surface area contributed by atoms with Crippen LogP contribution in [0.1, 0.15) is 31.9 Å². The standard InChI is InChI=1S/C29H32F2N2O8S/c1-18(2)15-33(42(36,37)25-8-9-27-28(14-25)40-17-39-27)41-29(35)32-26(19(3)34)12-20-4-6-24(7-5-20)38-16-21-10-22(30)13-23(31)11-21/h4-11,13-14,18-19,26,34H,12,15-17H2,1-3H3,(H,32,35). The first kappa shape index (κ1) is 31.0. The minimum Gasteiger partial charge on any atom is -0.489 e. The average molecular weight is 607 g/mol. The Morgan fingerprint density at radius 3 is 2.29 bits per heavy atom. The number of hydrogen-bond donors (Lipinski definition) is 2. The number of amides is 1. The summed E-state index contributed by atoms with van der Waals surface area (Å²) in [6.07, 6.45) is -1.89. The van der Waals surface area contributed by atoms with Crippen LogP contribution in [0.25, 0.3) is 0 Å². The first-order valence-corrected chi connectivity index (χ1v) is 14.6. The van der Waals surface area contributed by atoms with E-state index >= 15 is 0 Å². The number of fused-ring (bicyclic) bond motifs is 1. The molecule has 3 aromatic carbocycles. The van der Waals surface area contributed by atoms with Gasteiger partial charge in [-0.3, -0.25) is 0 Å². The molecule has 0 bridgehead atoms. The molecule has 1 aliphatic rings. The third kappa shape index (κ3) is 8.08. The maximum absolute atomic E-state index is 13.4. The van der Waals surface area contributed by atoms with E-state index in [1.807, 2.05) is 0 Å². The number of carbonyl (C=O) groups excluding carboxylic acids is 1. The predicted octanol–water partition coefficient (Wildman–Crippen LogP) is 4.55. The molecule has 0 spiro atoms. The van der Waals surface area contributed by atoms with E-state index in [1.54, 1.807) is 38.1 Å². The van der Waals surface area contributed by atoms with Gasteiger partial charge in [0.25, 0.3) is 10.0 Å². The van der Waals surface area contributed by atoms with Crippen LogP contribution in [0.2, 0.25) is 0 Å². The zero-order valence-corrected chi connectivity index (χ0v) is 24.1. The summed E-state index contributed by atoms with van der Waals surface area (Å²) in [6, 6.07) is 13.1. The molecule has 1 amide bonds. The summed E-state index contributed by atoms with van der Waals surface area (Å²) in [5, 5.41) is 12.9. The molecule has 0 aromatic heterocycles. The van der Waals surface area contributed by atoms with E-state index in [2.05, 4.69) is 5.32 Å². The summed E-state index contributed by atoms with van der Waals surface area (Å²) in [7, 11) is -4.27. The molecule has 0 aliphatic carbocycles. The lowest BCUT2D eigenvalue weighted by atomic mass is 10.0. The second kappa shape index (κ2) is 13.4. The van der Waals surface area contributed by atoms with Crippen LogP contribution in [-0.4, -0.2) is 49.6 Å². The van der Waals surface area contributed by atoms with E-state index in [1.165, 1.54) is 37.3 Å². The van der Waals surface area contributed by atoms with E-state index < -0.39 is 39.9 Å². The minimum absolute atomic E-state index is 0.0277. The fourth-order valence-electron chi connectivity index (χ4n) is 4.09. The van der Waals surface area contributed by atoms with Gasteiger partial charge in [-0.25, -0.2) is 22.0 Å². The highest BCUT2D eigenvalue weighted by Gasteiger charge is 2.32. The Balaban J connectivity index is 1.39. The zero-order valence-electron chi connectivity index (χ0n) is 23.3. The van der Waals surface area contributed by atoms with Crippen LogP contribution in [0, 0.1) is 17.6 Å². The molecule has 42 heavy (non-hydrogen) atoms. The molecule has 1 aliphatic heterocycles. The highest BCUT2D eigenvalue weighted by atomic mass is 32.2. The number of halogens is 2. The molecule has 10 nitrogen and oxygen atoms in total. The fourth-order valence-corrected chi connectivity index (χ4v) is 5.48. The molecule has 226 valence electrons. The van der Waals surface area contributed by atoms with Crippen molar-refractivity contribution in [3.63, 3.8) is 0 Å². The number of nitrogens with one attached hydrogen (secondary N) is 1. The molecule has 2 N–H and O–H groups in total. The van der Waals surface area contributed by atoms with Gasteiger partial charge in [0.15, 0.2) is 11.5 Å². The molecule has 1 heterocycles. The molecule has 2 atom stereocenters. The number of benzene rings is 3. The quantitative estimate of drug-likeness (QED) is 0.288. The lowest BCUT2D eigenvalue weighted by molar-refractivity contribution is -0.0323. The smallest absolute Gasteiger partial charge is 0.427 e. The molecule has 3 aromatic rings. The van der Waals surface area contributed by atoms with Crippen molar-refractivity contribution in [3.05, 3.63) is 83.4 Å². The molecular formula is C29H32F2N2O8S. The Hall–Kier alpha value is -3.94. The van der Waals surface area contributed by atoms with Gasteiger partial charge in [0.05, 0.1) is 23.6 Å². The highest BCUT2D eigenvalue weighted by molar-refractivity contribution is 7.89. The van der Waals surface area contributed by atoms with Crippen LogP contribution in [-0.2, 0) is 27.9 Å². The van der Waals surface area contributed by atoms with Crippen molar-refractivity contribution in [1.82, 2.24) is 9.79 Å². The van der Waals surface area contributed by atoms with Gasteiger partial charge in [0.2, 0.25) is 6.79 Å². The Morgan fingerprint density at radius 2 is 1.64 bits per heavy atom. The van der Waals surface area contributed by atoms with E-state index in [4.69, 9.17) is 19.0 Å². The van der Waals surface area contributed by atoms with Crippen LogP contribution in [0.5, 0.6) is 17.2 Å². The summed E-state index contributed by atoms with van der Waals surface area (Å²) in [5.41, 5.74) is 1.05. The Bertz CT molecular complexity index is 1480. The van der Waals surface area contributed by atoms with Gasteiger partial charge in [0.1, 0.15) is 24.0 Å². The van der Waals surface area contributed by atoms with Gasteiger partial charge in [-0.15, -0.1) is 0 Å². The first-order valence-electron chi connectivity index (χ1n) is 13.2. The second-order valence-electron chi connectivity index (χ2n) is 10.2. The number of ether oxygens (including phenoxy) is 3. The summed E-state index contributed by atoms with van der Waals surface area (Å²) in [5.74, 6) is -0.464. The second-order valence-corrected chi connectivity index (χ2v) is 12.0. The molecule has 4 rings (SSSR count). The predicted molar refractivity (Wildman–Crippen MR) is 147 cm³/mol. The van der Waals surface area contributed by atoms with Gasteiger partial charge in [-0.1, -0.05) is 26.0 Å².